The molecule has 0 N–H and O–H groups in total. The Morgan fingerprint density at radius 1 is 1.50 bits per heavy atom. The summed E-state index contributed by atoms with van der Waals surface area (Å²) in [5, 5.41) is 4.73. The van der Waals surface area contributed by atoms with E-state index in [9.17, 15) is 13.6 Å². The van der Waals surface area contributed by atoms with Crippen LogP contribution in [0.5, 0.6) is 0 Å². The van der Waals surface area contributed by atoms with Crippen molar-refractivity contribution >= 4 is 23.3 Å². The number of aryl methyl sites for hydroxylation is 2. The molecule has 2 rings (SSSR count). The lowest BCUT2D eigenvalue weighted by Gasteiger charge is -2.28. The van der Waals surface area contributed by atoms with Crippen LogP contribution in [0.4, 0.5) is 14.6 Å². The van der Waals surface area contributed by atoms with E-state index in [-0.39, 0.29) is 18.9 Å². The molecular formula is C12H16ClF2N3O2. The molecule has 0 fully saturated rings. The molecule has 0 spiro atoms. The number of hydrogen-bond acceptors (Lipinski definition) is 3. The summed E-state index contributed by atoms with van der Waals surface area (Å²) in [5.74, 6) is 0.399. The van der Waals surface area contributed by atoms with Gasteiger partial charge in [0.05, 0.1) is 18.7 Å². The summed E-state index contributed by atoms with van der Waals surface area (Å²) in [5.41, 5.74) is 0.676. The molecule has 1 aliphatic heterocycles. The van der Waals surface area contributed by atoms with E-state index in [1.807, 2.05) is 0 Å². The van der Waals surface area contributed by atoms with Crippen LogP contribution in [0, 0.1) is 6.92 Å². The van der Waals surface area contributed by atoms with Gasteiger partial charge in [-0.1, -0.05) is 11.6 Å². The number of amides is 1. The Morgan fingerprint density at radius 3 is 2.95 bits per heavy atom. The van der Waals surface area contributed by atoms with Gasteiger partial charge in [-0.2, -0.15) is 5.10 Å². The van der Waals surface area contributed by atoms with Crippen LogP contribution in [0.15, 0.2) is 0 Å². The first-order valence-corrected chi connectivity index (χ1v) is 6.77. The molecule has 8 heteroatoms. The standard InChI is InChI=1S/C12H16ClF2N3O2/c1-8-11(13)12-17(4-2-5-18(12)16-8)10(19)3-6-20-7-9(14)15/h9H,2-7H2,1H3. The number of aromatic nitrogens is 2. The fourth-order valence-corrected chi connectivity index (χ4v) is 2.39. The second kappa shape index (κ2) is 6.49. The summed E-state index contributed by atoms with van der Waals surface area (Å²) in [7, 11) is 0. The summed E-state index contributed by atoms with van der Waals surface area (Å²) in [6.45, 7) is 2.38. The largest absolute Gasteiger partial charge is 0.375 e. The topological polar surface area (TPSA) is 47.4 Å². The molecular weight excluding hydrogens is 292 g/mol. The first-order chi connectivity index (χ1) is 9.50. The average molecular weight is 308 g/mol. The van der Waals surface area contributed by atoms with Crippen LogP contribution in [0.25, 0.3) is 0 Å². The molecule has 0 saturated heterocycles. The minimum absolute atomic E-state index is 0.0234. The van der Waals surface area contributed by atoms with Crippen molar-refractivity contribution in [3.63, 3.8) is 0 Å². The summed E-state index contributed by atoms with van der Waals surface area (Å²) < 4.78 is 30.3. The number of carbonyl (C=O) groups is 1. The highest BCUT2D eigenvalue weighted by Gasteiger charge is 2.27. The number of anilines is 1. The van der Waals surface area contributed by atoms with E-state index in [0.29, 0.717) is 29.6 Å². The van der Waals surface area contributed by atoms with Crippen LogP contribution in [0.3, 0.4) is 0 Å². The van der Waals surface area contributed by atoms with E-state index < -0.39 is 13.0 Å². The molecule has 0 saturated carbocycles. The van der Waals surface area contributed by atoms with Crippen molar-refractivity contribution in [2.45, 2.75) is 32.7 Å². The van der Waals surface area contributed by atoms with Gasteiger partial charge in [-0.25, -0.2) is 13.5 Å². The molecule has 0 unspecified atom stereocenters. The molecule has 1 aliphatic rings. The highest BCUT2D eigenvalue weighted by atomic mass is 35.5. The van der Waals surface area contributed by atoms with Crippen molar-refractivity contribution in [2.75, 3.05) is 24.7 Å². The van der Waals surface area contributed by atoms with Crippen LogP contribution >= 0.6 is 11.6 Å². The van der Waals surface area contributed by atoms with Crippen LogP contribution in [0.2, 0.25) is 5.02 Å². The highest BCUT2D eigenvalue weighted by Crippen LogP contribution is 2.32. The van der Waals surface area contributed by atoms with Gasteiger partial charge in [0.1, 0.15) is 11.6 Å². The van der Waals surface area contributed by atoms with Crippen LogP contribution < -0.4 is 4.90 Å². The van der Waals surface area contributed by atoms with Crippen LogP contribution in [-0.2, 0) is 16.1 Å². The number of halogens is 3. The predicted octanol–water partition coefficient (Wildman–Crippen LogP) is 2.25. The minimum Gasteiger partial charge on any atom is -0.375 e. The van der Waals surface area contributed by atoms with Crippen molar-refractivity contribution in [2.24, 2.45) is 0 Å². The van der Waals surface area contributed by atoms with E-state index in [2.05, 4.69) is 5.10 Å². The molecule has 112 valence electrons. The maximum atomic E-state index is 12.1. The SMILES string of the molecule is Cc1nn2c(c1Cl)N(C(=O)CCOCC(F)F)CCC2. The molecule has 0 aromatic carbocycles. The quantitative estimate of drug-likeness (QED) is 0.784. The van der Waals surface area contributed by atoms with Gasteiger partial charge < -0.3 is 4.74 Å². The zero-order valence-electron chi connectivity index (χ0n) is 11.1. The lowest BCUT2D eigenvalue weighted by atomic mass is 10.2. The molecule has 0 radical (unpaired) electrons. The molecule has 5 nitrogen and oxygen atoms in total. The van der Waals surface area contributed by atoms with E-state index in [1.165, 1.54) is 0 Å². The van der Waals surface area contributed by atoms with Gasteiger partial charge in [0.2, 0.25) is 5.91 Å². The second-order valence-corrected chi connectivity index (χ2v) is 4.94. The van der Waals surface area contributed by atoms with Gasteiger partial charge >= 0.3 is 0 Å². The molecule has 1 aromatic heterocycles. The first-order valence-electron chi connectivity index (χ1n) is 6.40. The summed E-state index contributed by atoms with van der Waals surface area (Å²) in [6.07, 6.45) is -1.68. The maximum absolute atomic E-state index is 12.1. The van der Waals surface area contributed by atoms with Crippen molar-refractivity contribution in [3.8, 4) is 0 Å². The van der Waals surface area contributed by atoms with Gasteiger partial charge in [-0.15, -0.1) is 0 Å². The number of ether oxygens (including phenoxy) is 1. The third kappa shape index (κ3) is 3.27. The Labute approximate surface area is 120 Å². The third-order valence-electron chi connectivity index (χ3n) is 3.04. The number of alkyl halides is 2. The van der Waals surface area contributed by atoms with Gasteiger partial charge in [-0.05, 0) is 13.3 Å². The zero-order valence-corrected chi connectivity index (χ0v) is 11.9. The Morgan fingerprint density at radius 2 is 2.25 bits per heavy atom. The number of fused-ring (bicyclic) bond motifs is 1. The second-order valence-electron chi connectivity index (χ2n) is 4.56. The third-order valence-corrected chi connectivity index (χ3v) is 3.48. The lowest BCUT2D eigenvalue weighted by molar-refractivity contribution is -0.120. The van der Waals surface area contributed by atoms with Crippen molar-refractivity contribution in [1.82, 2.24) is 9.78 Å². The van der Waals surface area contributed by atoms with Crippen LogP contribution in [-0.4, -0.2) is 41.9 Å². The van der Waals surface area contributed by atoms with Crippen molar-refractivity contribution in [3.05, 3.63) is 10.7 Å². The molecule has 1 aromatic rings. The molecule has 20 heavy (non-hydrogen) atoms. The average Bonchev–Trinajstić information content (AvgIpc) is 2.70. The van der Waals surface area contributed by atoms with Crippen molar-refractivity contribution in [1.29, 1.82) is 0 Å². The normalized spacial score (nSPS) is 14.8. The monoisotopic (exact) mass is 307 g/mol. The molecule has 0 bridgehead atoms. The van der Waals surface area contributed by atoms with Gasteiger partial charge in [-0.3, -0.25) is 9.69 Å². The Kier molecular flexibility index (Phi) is 4.93. The summed E-state index contributed by atoms with van der Waals surface area (Å²) in [6, 6.07) is 0. The number of nitrogens with zero attached hydrogens (tertiary/aromatic N) is 3. The Balaban J connectivity index is 1.98. The minimum atomic E-state index is -2.52. The molecule has 0 atom stereocenters. The molecule has 1 amide bonds. The smallest absolute Gasteiger partial charge is 0.261 e. The highest BCUT2D eigenvalue weighted by molar-refractivity contribution is 6.34. The Hall–Kier alpha value is -1.21. The van der Waals surface area contributed by atoms with Gasteiger partial charge in [0.15, 0.2) is 5.82 Å². The van der Waals surface area contributed by atoms with Gasteiger partial charge in [0.25, 0.3) is 6.43 Å². The van der Waals surface area contributed by atoms with E-state index >= 15 is 0 Å². The number of rotatable bonds is 5. The summed E-state index contributed by atoms with van der Waals surface area (Å²) >= 11 is 6.16. The fourth-order valence-electron chi connectivity index (χ4n) is 2.16. The van der Waals surface area contributed by atoms with Crippen LogP contribution in [0.1, 0.15) is 18.5 Å². The maximum Gasteiger partial charge on any atom is 0.261 e. The van der Waals surface area contributed by atoms with E-state index in [4.69, 9.17) is 16.3 Å². The summed E-state index contributed by atoms with van der Waals surface area (Å²) in [4.78, 5) is 13.7. The molecule has 2 heterocycles. The van der Waals surface area contributed by atoms with Crippen molar-refractivity contribution < 1.29 is 18.3 Å². The van der Waals surface area contributed by atoms with E-state index in [1.54, 1.807) is 16.5 Å². The first kappa shape index (κ1) is 15.2. The predicted molar refractivity (Wildman–Crippen MR) is 70.4 cm³/mol. The number of carbonyl (C=O) groups excluding carboxylic acids is 1. The fraction of sp³-hybridized carbons (Fsp3) is 0.667. The zero-order chi connectivity index (χ0) is 14.7. The molecule has 0 aliphatic carbocycles. The number of hydrogen-bond donors (Lipinski definition) is 0. The Bertz CT molecular complexity index is 493. The van der Waals surface area contributed by atoms with Gasteiger partial charge in [0, 0.05) is 13.1 Å². The van der Waals surface area contributed by atoms with E-state index in [0.717, 1.165) is 6.42 Å². The lowest BCUT2D eigenvalue weighted by Crippen LogP contribution is -2.38.